The van der Waals surface area contributed by atoms with Crippen molar-refractivity contribution in [3.63, 3.8) is 0 Å². The average Bonchev–Trinajstić information content (AvgIpc) is 3.52. The number of benzene rings is 5. The molecule has 0 amide bonds. The van der Waals surface area contributed by atoms with Crippen LogP contribution < -0.4 is 0 Å². The van der Waals surface area contributed by atoms with Gasteiger partial charge in [0.1, 0.15) is 36.6 Å². The molecule has 0 spiro atoms. The van der Waals surface area contributed by atoms with Crippen LogP contribution in [0.1, 0.15) is 34.7 Å². The largest absolute Gasteiger partial charge is 0.374 e. The summed E-state index contributed by atoms with van der Waals surface area (Å²) < 4.78 is 52.3. The molecule has 9 heteroatoms. The highest BCUT2D eigenvalue weighted by Crippen LogP contribution is 2.35. The molecule has 0 bridgehead atoms. The maximum Gasteiger partial charge on any atom is 0.187 e. The van der Waals surface area contributed by atoms with Crippen molar-refractivity contribution in [1.82, 2.24) is 0 Å². The van der Waals surface area contributed by atoms with Crippen LogP contribution in [0.15, 0.2) is 152 Å². The highest BCUT2D eigenvalue weighted by atomic mass is 16.8. The van der Waals surface area contributed by atoms with Crippen molar-refractivity contribution in [3.8, 4) is 0 Å². The molecule has 2 heterocycles. The van der Waals surface area contributed by atoms with Crippen LogP contribution in [-0.2, 0) is 70.9 Å². The predicted molar refractivity (Wildman–Crippen MR) is 206 cm³/mol. The second kappa shape index (κ2) is 20.1. The number of aliphatic hydroxyl groups excluding tert-OH is 1. The van der Waals surface area contributed by atoms with E-state index in [1.54, 1.807) is 0 Å². The van der Waals surface area contributed by atoms with Crippen LogP contribution >= 0.6 is 0 Å². The van der Waals surface area contributed by atoms with Gasteiger partial charge in [0.05, 0.1) is 45.7 Å². The maximum absolute atomic E-state index is 11.5. The van der Waals surface area contributed by atoms with Crippen LogP contribution in [0.25, 0.3) is 0 Å². The van der Waals surface area contributed by atoms with Gasteiger partial charge in [0.2, 0.25) is 0 Å². The SMILES string of the molecule is C[C@@H]1O[C@@H](O[C@@H]2[C@H](OCc3ccccc3)[C@@H](COCc3ccccc3)O[C@H]2O)[C@H](OCc2ccccc2)[C@H](OCc2ccccc2)[C@H]1OCc1ccccc1. The lowest BCUT2D eigenvalue weighted by Crippen LogP contribution is -2.61. The normalized spacial score (nSPS) is 26.5. The Kier molecular flexibility index (Phi) is 14.2. The molecule has 0 aliphatic carbocycles. The molecule has 9 nitrogen and oxygen atoms in total. The molecule has 2 aliphatic heterocycles. The van der Waals surface area contributed by atoms with E-state index in [2.05, 4.69) is 0 Å². The topological polar surface area (TPSA) is 94.1 Å². The molecular formula is C46H50O9. The first-order chi connectivity index (χ1) is 27.1. The number of aliphatic hydroxyl groups is 1. The van der Waals surface area contributed by atoms with E-state index in [1.807, 2.05) is 159 Å². The van der Waals surface area contributed by atoms with E-state index in [9.17, 15) is 5.11 Å². The molecule has 7 rings (SSSR count). The number of hydrogen-bond acceptors (Lipinski definition) is 9. The molecule has 2 fully saturated rings. The predicted octanol–water partition coefficient (Wildman–Crippen LogP) is 7.39. The fourth-order valence-electron chi connectivity index (χ4n) is 6.96. The molecule has 1 N–H and O–H groups in total. The van der Waals surface area contributed by atoms with Crippen molar-refractivity contribution in [2.24, 2.45) is 0 Å². The maximum atomic E-state index is 11.5. The highest BCUT2D eigenvalue weighted by molar-refractivity contribution is 5.17. The average molecular weight is 747 g/mol. The summed E-state index contributed by atoms with van der Waals surface area (Å²) in [5.41, 5.74) is 5.03. The van der Waals surface area contributed by atoms with Crippen LogP contribution in [0, 0.1) is 0 Å². The van der Waals surface area contributed by atoms with E-state index in [1.165, 1.54) is 0 Å². The van der Waals surface area contributed by atoms with Gasteiger partial charge in [-0.05, 0) is 34.7 Å². The zero-order valence-electron chi connectivity index (χ0n) is 31.1. The van der Waals surface area contributed by atoms with Crippen LogP contribution in [0.4, 0.5) is 0 Å². The summed E-state index contributed by atoms with van der Waals surface area (Å²) in [6.07, 6.45) is -6.93. The third kappa shape index (κ3) is 11.0. The molecule has 2 aliphatic rings. The Morgan fingerprint density at radius 2 is 0.818 bits per heavy atom. The summed E-state index contributed by atoms with van der Waals surface area (Å²) in [5, 5.41) is 11.5. The Labute approximate surface area is 323 Å². The van der Waals surface area contributed by atoms with Gasteiger partial charge < -0.3 is 43.0 Å². The molecule has 288 valence electrons. The fraction of sp³-hybridized carbons (Fsp3) is 0.348. The summed E-state index contributed by atoms with van der Waals surface area (Å²) in [5.74, 6) is 0. The van der Waals surface area contributed by atoms with Gasteiger partial charge in [-0.25, -0.2) is 0 Å². The summed E-state index contributed by atoms with van der Waals surface area (Å²) in [6.45, 7) is 3.74. The summed E-state index contributed by atoms with van der Waals surface area (Å²) in [6, 6.07) is 49.7. The summed E-state index contributed by atoms with van der Waals surface area (Å²) in [4.78, 5) is 0. The van der Waals surface area contributed by atoms with Crippen molar-refractivity contribution < 1.29 is 43.0 Å². The van der Waals surface area contributed by atoms with Crippen LogP contribution in [-0.4, -0.2) is 67.0 Å². The molecular weight excluding hydrogens is 696 g/mol. The van der Waals surface area contributed by atoms with E-state index < -0.39 is 55.3 Å². The first-order valence-corrected chi connectivity index (χ1v) is 19.0. The number of rotatable bonds is 18. The molecule has 5 aromatic carbocycles. The molecule has 5 aromatic rings. The molecule has 9 atom stereocenters. The van der Waals surface area contributed by atoms with Crippen LogP contribution in [0.3, 0.4) is 0 Å². The van der Waals surface area contributed by atoms with E-state index in [0.29, 0.717) is 19.8 Å². The number of hydrogen-bond donors (Lipinski definition) is 1. The Hall–Kier alpha value is -4.26. The third-order valence-corrected chi connectivity index (χ3v) is 9.84. The second-order valence-electron chi connectivity index (χ2n) is 13.9. The van der Waals surface area contributed by atoms with E-state index in [0.717, 1.165) is 27.8 Å². The van der Waals surface area contributed by atoms with Gasteiger partial charge in [0.25, 0.3) is 0 Å². The Bertz CT molecular complexity index is 1800. The van der Waals surface area contributed by atoms with Crippen LogP contribution in [0.5, 0.6) is 0 Å². The van der Waals surface area contributed by atoms with Crippen molar-refractivity contribution in [2.45, 2.75) is 95.3 Å². The van der Waals surface area contributed by atoms with Crippen LogP contribution in [0.2, 0.25) is 0 Å². The van der Waals surface area contributed by atoms with Crippen molar-refractivity contribution >= 4 is 0 Å². The van der Waals surface area contributed by atoms with Gasteiger partial charge in [-0.15, -0.1) is 0 Å². The van der Waals surface area contributed by atoms with Crippen molar-refractivity contribution in [2.75, 3.05) is 6.61 Å². The first kappa shape index (κ1) is 39.0. The second-order valence-corrected chi connectivity index (χ2v) is 13.9. The van der Waals surface area contributed by atoms with Gasteiger partial charge in [-0.2, -0.15) is 0 Å². The minimum atomic E-state index is -1.32. The van der Waals surface area contributed by atoms with E-state index in [-0.39, 0.29) is 19.8 Å². The third-order valence-electron chi connectivity index (χ3n) is 9.84. The zero-order chi connectivity index (χ0) is 37.7. The van der Waals surface area contributed by atoms with Crippen molar-refractivity contribution in [1.29, 1.82) is 0 Å². The number of ether oxygens (including phenoxy) is 8. The van der Waals surface area contributed by atoms with Gasteiger partial charge in [0.15, 0.2) is 12.6 Å². The zero-order valence-corrected chi connectivity index (χ0v) is 31.1. The smallest absolute Gasteiger partial charge is 0.187 e. The molecule has 0 saturated carbocycles. The molecule has 2 saturated heterocycles. The molecule has 0 aromatic heterocycles. The monoisotopic (exact) mass is 746 g/mol. The van der Waals surface area contributed by atoms with E-state index >= 15 is 0 Å². The first-order valence-electron chi connectivity index (χ1n) is 19.0. The minimum Gasteiger partial charge on any atom is -0.374 e. The lowest BCUT2D eigenvalue weighted by atomic mass is 9.98. The summed E-state index contributed by atoms with van der Waals surface area (Å²) in [7, 11) is 0. The fourth-order valence-corrected chi connectivity index (χ4v) is 6.96. The van der Waals surface area contributed by atoms with Gasteiger partial charge >= 0.3 is 0 Å². The Morgan fingerprint density at radius 3 is 1.27 bits per heavy atom. The molecule has 0 unspecified atom stereocenters. The lowest BCUT2D eigenvalue weighted by molar-refractivity contribution is -0.340. The molecule has 0 radical (unpaired) electrons. The van der Waals surface area contributed by atoms with Gasteiger partial charge in [0, 0.05) is 0 Å². The van der Waals surface area contributed by atoms with Gasteiger partial charge in [-0.1, -0.05) is 152 Å². The van der Waals surface area contributed by atoms with E-state index in [4.69, 9.17) is 37.9 Å². The lowest BCUT2D eigenvalue weighted by Gasteiger charge is -2.46. The Morgan fingerprint density at radius 1 is 0.436 bits per heavy atom. The highest BCUT2D eigenvalue weighted by Gasteiger charge is 2.52. The van der Waals surface area contributed by atoms with Gasteiger partial charge in [-0.3, -0.25) is 0 Å². The minimum absolute atomic E-state index is 0.180. The standard InChI is InChI=1S/C46H50O9/c1-33-40(49-28-35-19-9-3-10-20-35)42(51-30-37-23-13-5-14-24-37)44(52-31-38-25-15-6-16-26-38)46(53-33)55-43-41(50-29-36-21-11-4-12-22-36)39(54-45(43)47)32-48-27-34-17-7-2-8-18-34/h2-26,33,39-47H,27-32H2,1H3/t33-,39+,40-,41+,42+,43+,44+,45+,46-/m0/s1. The Balaban J connectivity index is 1.15. The quantitative estimate of drug-likeness (QED) is 0.0986. The molecule has 55 heavy (non-hydrogen) atoms. The van der Waals surface area contributed by atoms with Crippen molar-refractivity contribution in [3.05, 3.63) is 179 Å². The summed E-state index contributed by atoms with van der Waals surface area (Å²) >= 11 is 0.